The molecule has 4 atom stereocenters. The van der Waals surface area contributed by atoms with Crippen LogP contribution in [0.5, 0.6) is 5.75 Å². The molecule has 1 fully saturated rings. The van der Waals surface area contributed by atoms with Gasteiger partial charge in [0.15, 0.2) is 5.75 Å². The maximum atomic E-state index is 12.0. The second-order valence-corrected chi connectivity index (χ2v) is 6.93. The first-order chi connectivity index (χ1) is 13.5. The zero-order valence-electron chi connectivity index (χ0n) is 14.8. The number of nitrogens with zero attached hydrogens (tertiary/aromatic N) is 4. The number of nitrogens with one attached hydrogen (secondary N) is 1. The van der Waals surface area contributed by atoms with E-state index in [1.807, 2.05) is 0 Å². The number of aromatic amines is 1. The number of hydrogen-bond donors (Lipinski definition) is 1. The average Bonchev–Trinajstić information content (AvgIpc) is 3.07. The largest absolute Gasteiger partial charge is 0.750 e. The highest BCUT2D eigenvalue weighted by Gasteiger charge is 2.39. The molecule has 3 rings (SSSR count). The molecule has 1 unspecified atom stereocenters. The van der Waals surface area contributed by atoms with Crippen molar-refractivity contribution in [3.63, 3.8) is 0 Å². The van der Waals surface area contributed by atoms with E-state index in [4.69, 9.17) is 19.3 Å². The van der Waals surface area contributed by atoms with E-state index in [0.29, 0.717) is 11.3 Å². The first-order valence-electron chi connectivity index (χ1n) is 8.33. The molecule has 1 aliphatic rings. The molecule has 0 radical (unpaired) electrons. The molecule has 11 nitrogen and oxygen atoms in total. The van der Waals surface area contributed by atoms with Crippen molar-refractivity contribution in [2.24, 2.45) is 5.11 Å². The summed E-state index contributed by atoms with van der Waals surface area (Å²) in [7, 11) is -2.47. The number of rotatable bonds is 7. The van der Waals surface area contributed by atoms with Crippen LogP contribution in [0.15, 0.2) is 51.2 Å². The Balaban J connectivity index is 1.68. The molecule has 1 aromatic heterocycles. The lowest BCUT2D eigenvalue weighted by Crippen LogP contribution is -2.33. The van der Waals surface area contributed by atoms with Crippen LogP contribution in [-0.4, -0.2) is 28.3 Å². The fourth-order valence-corrected chi connectivity index (χ4v) is 3.37. The van der Waals surface area contributed by atoms with Gasteiger partial charge in [-0.3, -0.25) is 14.3 Å². The third kappa shape index (κ3) is 4.65. The molecule has 1 N–H and O–H groups in total. The normalized spacial score (nSPS) is 21.8. The lowest BCUT2D eigenvalue weighted by atomic mass is 10.1. The monoisotopic (exact) mass is 406 g/mol. The van der Waals surface area contributed by atoms with Crippen LogP contribution < -0.4 is 15.8 Å². The molecule has 12 heteroatoms. The minimum atomic E-state index is -2.47. The van der Waals surface area contributed by atoms with Crippen LogP contribution in [0.1, 0.15) is 18.2 Å². The summed E-state index contributed by atoms with van der Waals surface area (Å²) < 4.78 is 29.3. The SMILES string of the molecule is Cc1cn([C@H]2C[C@H](N=[N+]=[N-])[C@@H](CO[P+](=O)Oc3ccccc3)O2)c(=O)[nH]c1=O. The quantitative estimate of drug-likeness (QED) is 0.323. The highest BCUT2D eigenvalue weighted by atomic mass is 31.1. The Bertz CT molecular complexity index is 1020. The van der Waals surface area contributed by atoms with Crippen LogP contribution in [0.2, 0.25) is 0 Å². The lowest BCUT2D eigenvalue weighted by Gasteiger charge is -2.14. The van der Waals surface area contributed by atoms with Gasteiger partial charge in [-0.05, 0) is 24.6 Å². The molecule has 0 bridgehead atoms. The molecule has 1 aliphatic heterocycles. The fraction of sp³-hybridized carbons (Fsp3) is 0.375. The van der Waals surface area contributed by atoms with Gasteiger partial charge in [0.2, 0.25) is 0 Å². The second-order valence-electron chi connectivity index (χ2n) is 6.04. The number of ether oxygens (including phenoxy) is 1. The van der Waals surface area contributed by atoms with Gasteiger partial charge in [0, 0.05) is 27.7 Å². The summed E-state index contributed by atoms with van der Waals surface area (Å²) in [6.07, 6.45) is 0.0690. The molecule has 2 aromatic rings. The number of azide groups is 1. The molecule has 1 saturated heterocycles. The van der Waals surface area contributed by atoms with E-state index in [1.54, 1.807) is 37.3 Å². The summed E-state index contributed by atoms with van der Waals surface area (Å²) in [5.74, 6) is 0.385. The zero-order valence-corrected chi connectivity index (χ0v) is 15.7. The fourth-order valence-electron chi connectivity index (χ4n) is 2.75. The van der Waals surface area contributed by atoms with E-state index in [0.717, 1.165) is 0 Å². The topological polar surface area (TPSA) is 148 Å². The third-order valence-electron chi connectivity index (χ3n) is 4.13. The molecule has 0 amide bonds. The molecule has 28 heavy (non-hydrogen) atoms. The number of hydrogen-bond acceptors (Lipinski definition) is 7. The van der Waals surface area contributed by atoms with Crippen molar-refractivity contribution < 1.29 is 18.3 Å². The maximum absolute atomic E-state index is 12.0. The minimum absolute atomic E-state index is 0.167. The summed E-state index contributed by atoms with van der Waals surface area (Å²) in [6.45, 7) is 1.39. The van der Waals surface area contributed by atoms with Crippen LogP contribution in [0, 0.1) is 6.92 Å². The smallest absolute Gasteiger partial charge is 0.352 e. The number of benzene rings is 1. The molecule has 0 saturated carbocycles. The molecule has 0 aliphatic carbocycles. The second kappa shape index (κ2) is 8.81. The van der Waals surface area contributed by atoms with Crippen molar-refractivity contribution in [1.29, 1.82) is 0 Å². The number of aromatic nitrogens is 2. The molecular weight excluding hydrogens is 389 g/mol. The molecule has 146 valence electrons. The number of H-pyrrole nitrogens is 1. The predicted octanol–water partition coefficient (Wildman–Crippen LogP) is 2.56. The van der Waals surface area contributed by atoms with Crippen LogP contribution in [0.4, 0.5) is 0 Å². The summed E-state index contributed by atoms with van der Waals surface area (Å²) in [5.41, 5.74) is 7.98. The Labute approximate surface area is 159 Å². The Morgan fingerprint density at radius 1 is 1.39 bits per heavy atom. The van der Waals surface area contributed by atoms with Gasteiger partial charge in [0.25, 0.3) is 5.56 Å². The summed E-state index contributed by atoms with van der Waals surface area (Å²) in [6, 6.07) is 7.86. The van der Waals surface area contributed by atoms with Gasteiger partial charge < -0.3 is 4.74 Å². The summed E-state index contributed by atoms with van der Waals surface area (Å²) >= 11 is 0. The molecule has 2 heterocycles. The number of para-hydroxylation sites is 1. The highest BCUT2D eigenvalue weighted by Crippen LogP contribution is 2.33. The summed E-state index contributed by atoms with van der Waals surface area (Å²) in [5, 5.41) is 3.66. The number of aryl methyl sites for hydroxylation is 1. The van der Waals surface area contributed by atoms with Gasteiger partial charge in [-0.25, -0.2) is 9.32 Å². The third-order valence-corrected chi connectivity index (χ3v) is 4.85. The van der Waals surface area contributed by atoms with E-state index in [1.165, 1.54) is 10.8 Å². The highest BCUT2D eigenvalue weighted by molar-refractivity contribution is 7.33. The Morgan fingerprint density at radius 3 is 2.86 bits per heavy atom. The molecule has 1 aromatic carbocycles. The van der Waals surface area contributed by atoms with E-state index in [-0.39, 0.29) is 13.0 Å². The van der Waals surface area contributed by atoms with Gasteiger partial charge in [0.05, 0.1) is 12.1 Å². The van der Waals surface area contributed by atoms with Crippen LogP contribution in [0.3, 0.4) is 0 Å². The van der Waals surface area contributed by atoms with Gasteiger partial charge >= 0.3 is 13.9 Å². The molecule has 0 spiro atoms. The Hall–Kier alpha value is -2.97. The average molecular weight is 406 g/mol. The minimum Gasteiger partial charge on any atom is -0.352 e. The van der Waals surface area contributed by atoms with Gasteiger partial charge in [-0.15, -0.1) is 4.52 Å². The Kier molecular flexibility index (Phi) is 6.23. The van der Waals surface area contributed by atoms with Crippen molar-refractivity contribution in [3.8, 4) is 5.75 Å². The van der Waals surface area contributed by atoms with Crippen molar-refractivity contribution >= 4 is 8.25 Å². The lowest BCUT2D eigenvalue weighted by molar-refractivity contribution is -0.0225. The van der Waals surface area contributed by atoms with Crippen molar-refractivity contribution in [2.45, 2.75) is 31.7 Å². The van der Waals surface area contributed by atoms with E-state index >= 15 is 0 Å². The summed E-state index contributed by atoms with van der Waals surface area (Å²) in [4.78, 5) is 28.5. The van der Waals surface area contributed by atoms with Crippen LogP contribution >= 0.6 is 8.25 Å². The van der Waals surface area contributed by atoms with E-state index in [2.05, 4.69) is 15.0 Å². The Morgan fingerprint density at radius 2 is 2.14 bits per heavy atom. The zero-order chi connectivity index (χ0) is 20.1. The van der Waals surface area contributed by atoms with Crippen molar-refractivity contribution in [3.05, 3.63) is 73.4 Å². The van der Waals surface area contributed by atoms with Crippen LogP contribution in [-0.2, 0) is 13.8 Å². The van der Waals surface area contributed by atoms with Gasteiger partial charge in [-0.2, -0.15) is 0 Å². The first kappa shape index (κ1) is 19.8. The van der Waals surface area contributed by atoms with Crippen molar-refractivity contribution in [2.75, 3.05) is 6.61 Å². The van der Waals surface area contributed by atoms with Gasteiger partial charge in [0.1, 0.15) is 12.8 Å². The standard InChI is InChI=1S/C16H16N5O6P/c1-10-8-21(16(23)18-15(10)22)14-7-12(19-20-17)13(26-14)9-25-28(24)27-11-5-3-2-4-6-11/h2-6,8,12-14H,7,9H2,1H3/p+1/t12-,13+,14+/m0/s1. The maximum Gasteiger partial charge on any atom is 0.750 e. The first-order valence-corrected chi connectivity index (χ1v) is 9.42. The molecular formula is C16H17N5O6P+. The van der Waals surface area contributed by atoms with E-state index < -0.39 is 37.9 Å². The predicted molar refractivity (Wildman–Crippen MR) is 98.1 cm³/mol. The van der Waals surface area contributed by atoms with Crippen molar-refractivity contribution in [1.82, 2.24) is 9.55 Å². The van der Waals surface area contributed by atoms with Gasteiger partial charge in [-0.1, -0.05) is 23.3 Å². The van der Waals surface area contributed by atoms with E-state index in [9.17, 15) is 14.2 Å². The van der Waals surface area contributed by atoms with Crippen LogP contribution in [0.25, 0.3) is 10.4 Å².